The lowest BCUT2D eigenvalue weighted by molar-refractivity contribution is -0.118. The number of rotatable bonds is 7. The summed E-state index contributed by atoms with van der Waals surface area (Å²) in [4.78, 5) is 10.4. The van der Waals surface area contributed by atoms with Crippen LogP contribution in [0.5, 0.6) is 0 Å². The standard InChI is InChI=1S/C10H13NO.C9H12O2/c11-10(12)8-4-7-9-5-2-1-3-6-9;10-7-6-9(11)8-4-2-1-3-5-8/h1-3,5-6H,4,7-8H2,(H2,11,12);1-5,9-11H,6-7H2. The molecule has 4 nitrogen and oxygen atoms in total. The largest absolute Gasteiger partial charge is 0.396 e. The van der Waals surface area contributed by atoms with Gasteiger partial charge in [-0.15, -0.1) is 0 Å². The van der Waals surface area contributed by atoms with Crippen LogP contribution in [0.15, 0.2) is 60.7 Å². The highest BCUT2D eigenvalue weighted by Gasteiger charge is 2.03. The molecule has 2 rings (SSSR count). The number of amides is 1. The summed E-state index contributed by atoms with van der Waals surface area (Å²) < 4.78 is 0. The molecule has 0 radical (unpaired) electrons. The quantitative estimate of drug-likeness (QED) is 0.734. The molecule has 1 amide bonds. The van der Waals surface area contributed by atoms with Gasteiger partial charge >= 0.3 is 0 Å². The first kappa shape index (κ1) is 18.9. The van der Waals surface area contributed by atoms with E-state index in [9.17, 15) is 9.90 Å². The van der Waals surface area contributed by atoms with E-state index in [4.69, 9.17) is 10.8 Å². The Kier molecular flexibility index (Phi) is 9.36. The van der Waals surface area contributed by atoms with Crippen LogP contribution >= 0.6 is 0 Å². The molecule has 0 saturated heterocycles. The molecule has 0 aliphatic rings. The van der Waals surface area contributed by atoms with Gasteiger partial charge in [-0.1, -0.05) is 60.7 Å². The second-order valence-electron chi connectivity index (χ2n) is 5.24. The zero-order valence-electron chi connectivity index (χ0n) is 13.3. The van der Waals surface area contributed by atoms with Crippen molar-refractivity contribution in [1.82, 2.24) is 0 Å². The Morgan fingerprint density at radius 2 is 1.57 bits per heavy atom. The van der Waals surface area contributed by atoms with Crippen molar-refractivity contribution < 1.29 is 15.0 Å². The van der Waals surface area contributed by atoms with Gasteiger partial charge in [0.1, 0.15) is 0 Å². The maximum Gasteiger partial charge on any atom is 0.217 e. The highest BCUT2D eigenvalue weighted by atomic mass is 16.3. The van der Waals surface area contributed by atoms with Crippen LogP contribution in [0.3, 0.4) is 0 Å². The van der Waals surface area contributed by atoms with Crippen molar-refractivity contribution in [2.24, 2.45) is 5.73 Å². The first-order valence-electron chi connectivity index (χ1n) is 7.79. The fourth-order valence-electron chi connectivity index (χ4n) is 2.08. The van der Waals surface area contributed by atoms with Crippen LogP contribution in [0, 0.1) is 0 Å². The van der Waals surface area contributed by atoms with E-state index >= 15 is 0 Å². The monoisotopic (exact) mass is 315 g/mol. The molecule has 2 aromatic carbocycles. The highest BCUT2D eigenvalue weighted by molar-refractivity contribution is 5.73. The van der Waals surface area contributed by atoms with E-state index in [2.05, 4.69) is 12.1 Å². The van der Waals surface area contributed by atoms with Crippen molar-refractivity contribution in [2.45, 2.75) is 31.8 Å². The molecule has 0 spiro atoms. The number of aliphatic hydroxyl groups excluding tert-OH is 2. The van der Waals surface area contributed by atoms with Crippen molar-refractivity contribution in [2.75, 3.05) is 6.61 Å². The Balaban J connectivity index is 0.000000231. The molecule has 1 unspecified atom stereocenters. The summed E-state index contributed by atoms with van der Waals surface area (Å²) in [6.07, 6.45) is 2.14. The predicted molar refractivity (Wildman–Crippen MR) is 91.7 cm³/mol. The second kappa shape index (κ2) is 11.4. The van der Waals surface area contributed by atoms with Crippen LogP contribution in [-0.2, 0) is 11.2 Å². The van der Waals surface area contributed by atoms with Gasteiger partial charge in [-0.2, -0.15) is 0 Å². The van der Waals surface area contributed by atoms with E-state index in [1.807, 2.05) is 48.5 Å². The molecule has 0 saturated carbocycles. The highest BCUT2D eigenvalue weighted by Crippen LogP contribution is 2.14. The molecular weight excluding hydrogens is 290 g/mol. The van der Waals surface area contributed by atoms with E-state index in [1.54, 1.807) is 0 Å². The summed E-state index contributed by atoms with van der Waals surface area (Å²) in [5.41, 5.74) is 7.14. The van der Waals surface area contributed by atoms with E-state index in [0.29, 0.717) is 12.8 Å². The molecule has 0 heterocycles. The van der Waals surface area contributed by atoms with E-state index in [-0.39, 0.29) is 12.5 Å². The Bertz CT molecular complexity index is 543. The molecule has 23 heavy (non-hydrogen) atoms. The number of benzene rings is 2. The summed E-state index contributed by atoms with van der Waals surface area (Å²) in [5.74, 6) is -0.217. The van der Waals surface area contributed by atoms with Gasteiger partial charge in [0.15, 0.2) is 0 Å². The topological polar surface area (TPSA) is 83.6 Å². The van der Waals surface area contributed by atoms with Gasteiger partial charge in [0.05, 0.1) is 6.10 Å². The lowest BCUT2D eigenvalue weighted by Crippen LogP contribution is -2.10. The Labute approximate surface area is 137 Å². The van der Waals surface area contributed by atoms with Gasteiger partial charge in [0.2, 0.25) is 5.91 Å². The van der Waals surface area contributed by atoms with Crippen LogP contribution in [0.1, 0.15) is 36.5 Å². The third-order valence-corrected chi connectivity index (χ3v) is 3.32. The SMILES string of the molecule is NC(=O)CCCc1ccccc1.OCCC(O)c1ccccc1. The summed E-state index contributed by atoms with van der Waals surface area (Å²) in [7, 11) is 0. The third-order valence-electron chi connectivity index (χ3n) is 3.32. The molecule has 124 valence electrons. The molecule has 1 atom stereocenters. The zero-order valence-corrected chi connectivity index (χ0v) is 13.3. The molecular formula is C19H25NO3. The number of nitrogens with two attached hydrogens (primary N) is 1. The molecule has 0 aliphatic heterocycles. The number of aryl methyl sites for hydroxylation is 1. The third kappa shape index (κ3) is 8.76. The predicted octanol–water partition coefficient (Wildman–Crippen LogP) is 2.60. The Morgan fingerprint density at radius 1 is 1.00 bits per heavy atom. The van der Waals surface area contributed by atoms with Crippen molar-refractivity contribution >= 4 is 5.91 Å². The minimum Gasteiger partial charge on any atom is -0.396 e. The number of hydrogen-bond donors (Lipinski definition) is 3. The number of primary amides is 1. The van der Waals surface area contributed by atoms with Crippen molar-refractivity contribution in [3.8, 4) is 0 Å². The van der Waals surface area contributed by atoms with Crippen LogP contribution in [0.2, 0.25) is 0 Å². The normalized spacial score (nSPS) is 11.2. The van der Waals surface area contributed by atoms with E-state index in [0.717, 1.165) is 18.4 Å². The van der Waals surface area contributed by atoms with E-state index < -0.39 is 6.10 Å². The maximum atomic E-state index is 10.4. The number of aliphatic hydroxyl groups is 2. The Morgan fingerprint density at radius 3 is 2.09 bits per heavy atom. The van der Waals surface area contributed by atoms with Gasteiger partial charge < -0.3 is 15.9 Å². The Hall–Kier alpha value is -2.17. The smallest absolute Gasteiger partial charge is 0.217 e. The van der Waals surface area contributed by atoms with E-state index in [1.165, 1.54) is 5.56 Å². The fourth-order valence-corrected chi connectivity index (χ4v) is 2.08. The minimum absolute atomic E-state index is 0.0239. The van der Waals surface area contributed by atoms with Gasteiger partial charge in [-0.3, -0.25) is 4.79 Å². The number of carbonyl (C=O) groups excluding carboxylic acids is 1. The van der Waals surface area contributed by atoms with Crippen molar-refractivity contribution in [1.29, 1.82) is 0 Å². The van der Waals surface area contributed by atoms with Crippen molar-refractivity contribution in [3.63, 3.8) is 0 Å². The summed E-state index contributed by atoms with van der Waals surface area (Å²) in [6.45, 7) is 0.0239. The fraction of sp³-hybridized carbons (Fsp3) is 0.316. The first-order chi connectivity index (χ1) is 11.1. The van der Waals surface area contributed by atoms with Gasteiger partial charge in [0.25, 0.3) is 0 Å². The average molecular weight is 315 g/mol. The van der Waals surface area contributed by atoms with Crippen molar-refractivity contribution in [3.05, 3.63) is 71.8 Å². The zero-order chi connectivity index (χ0) is 16.9. The maximum absolute atomic E-state index is 10.4. The molecule has 0 bridgehead atoms. The van der Waals surface area contributed by atoms with Gasteiger partial charge in [-0.05, 0) is 24.0 Å². The molecule has 2 aromatic rings. The minimum atomic E-state index is -0.527. The van der Waals surface area contributed by atoms with Crippen LogP contribution < -0.4 is 5.73 Å². The van der Waals surface area contributed by atoms with Gasteiger partial charge in [-0.25, -0.2) is 0 Å². The molecule has 0 aliphatic carbocycles. The molecule has 0 aromatic heterocycles. The van der Waals surface area contributed by atoms with Crippen LogP contribution in [0.25, 0.3) is 0 Å². The van der Waals surface area contributed by atoms with Crippen LogP contribution in [0.4, 0.5) is 0 Å². The summed E-state index contributed by atoms with van der Waals surface area (Å²) in [6, 6.07) is 19.4. The average Bonchev–Trinajstić information content (AvgIpc) is 2.57. The second-order valence-corrected chi connectivity index (χ2v) is 5.24. The summed E-state index contributed by atoms with van der Waals surface area (Å²) >= 11 is 0. The van der Waals surface area contributed by atoms with Crippen LogP contribution in [-0.4, -0.2) is 22.7 Å². The lowest BCUT2D eigenvalue weighted by Gasteiger charge is -2.07. The summed E-state index contributed by atoms with van der Waals surface area (Å²) in [5, 5.41) is 17.9. The lowest BCUT2D eigenvalue weighted by atomic mass is 10.1. The first-order valence-corrected chi connectivity index (χ1v) is 7.79. The number of carbonyl (C=O) groups is 1. The van der Waals surface area contributed by atoms with Gasteiger partial charge in [0, 0.05) is 19.4 Å². The number of hydrogen-bond acceptors (Lipinski definition) is 3. The molecule has 4 heteroatoms. The molecule has 0 fully saturated rings. The molecule has 4 N–H and O–H groups in total.